The monoisotopic (exact) mass is 377 g/mol. The summed E-state index contributed by atoms with van der Waals surface area (Å²) >= 11 is 5.45. The van der Waals surface area contributed by atoms with Gasteiger partial charge in [0.15, 0.2) is 5.11 Å². The molecule has 1 aliphatic heterocycles. The minimum atomic E-state index is -0.275. The first-order chi connectivity index (χ1) is 12.5. The van der Waals surface area contributed by atoms with Crippen molar-refractivity contribution in [3.05, 3.63) is 59.7 Å². The third-order valence-electron chi connectivity index (χ3n) is 4.39. The molecule has 0 aliphatic carbocycles. The van der Waals surface area contributed by atoms with E-state index in [-0.39, 0.29) is 11.6 Å². The molecule has 0 saturated carbocycles. The Labute approximate surface area is 157 Å². The zero-order chi connectivity index (χ0) is 18.5. The summed E-state index contributed by atoms with van der Waals surface area (Å²) in [6, 6.07) is 10.7. The molecular formula is C19H21F2N3OS. The maximum Gasteiger partial charge on any atom is 0.173 e. The highest BCUT2D eigenvalue weighted by Crippen LogP contribution is 2.22. The maximum atomic E-state index is 13.5. The van der Waals surface area contributed by atoms with Crippen LogP contribution in [0.1, 0.15) is 5.56 Å². The first-order valence-electron chi connectivity index (χ1n) is 8.41. The SMILES string of the molecule is COc1ccc(F)cc1CN1CCN(C(=S)Nc2ccc(F)cc2)CC1. The van der Waals surface area contributed by atoms with Crippen LogP contribution in [0.15, 0.2) is 42.5 Å². The maximum absolute atomic E-state index is 13.5. The summed E-state index contributed by atoms with van der Waals surface area (Å²) in [4.78, 5) is 4.33. The van der Waals surface area contributed by atoms with Gasteiger partial charge in [0, 0.05) is 44.0 Å². The van der Waals surface area contributed by atoms with Gasteiger partial charge in [0.25, 0.3) is 0 Å². The molecule has 0 atom stereocenters. The summed E-state index contributed by atoms with van der Waals surface area (Å²) < 4.78 is 31.8. The van der Waals surface area contributed by atoms with Gasteiger partial charge in [-0.3, -0.25) is 4.90 Å². The molecule has 7 heteroatoms. The van der Waals surface area contributed by atoms with Crippen LogP contribution in [0.5, 0.6) is 5.75 Å². The van der Waals surface area contributed by atoms with E-state index in [4.69, 9.17) is 17.0 Å². The number of nitrogens with zero attached hydrogens (tertiary/aromatic N) is 2. The van der Waals surface area contributed by atoms with Crippen LogP contribution in [0.4, 0.5) is 14.5 Å². The van der Waals surface area contributed by atoms with Gasteiger partial charge in [-0.15, -0.1) is 0 Å². The van der Waals surface area contributed by atoms with Crippen LogP contribution in [-0.2, 0) is 6.54 Å². The van der Waals surface area contributed by atoms with E-state index in [0.29, 0.717) is 17.4 Å². The van der Waals surface area contributed by atoms with Crippen LogP contribution in [0.3, 0.4) is 0 Å². The number of anilines is 1. The fourth-order valence-electron chi connectivity index (χ4n) is 2.96. The molecule has 4 nitrogen and oxygen atoms in total. The average molecular weight is 377 g/mol. The van der Waals surface area contributed by atoms with Gasteiger partial charge in [0.1, 0.15) is 17.4 Å². The fourth-order valence-corrected chi connectivity index (χ4v) is 3.26. The van der Waals surface area contributed by atoms with Crippen molar-refractivity contribution in [2.45, 2.75) is 6.54 Å². The number of ether oxygens (including phenoxy) is 1. The largest absolute Gasteiger partial charge is 0.496 e. The van der Waals surface area contributed by atoms with E-state index in [0.717, 1.165) is 37.4 Å². The molecule has 2 aromatic rings. The molecule has 0 aromatic heterocycles. The third-order valence-corrected chi connectivity index (χ3v) is 4.75. The van der Waals surface area contributed by atoms with Crippen LogP contribution >= 0.6 is 12.2 Å². The Kier molecular flexibility index (Phi) is 6.00. The molecular weight excluding hydrogens is 356 g/mol. The van der Waals surface area contributed by atoms with Crippen molar-refractivity contribution in [3.63, 3.8) is 0 Å². The van der Waals surface area contributed by atoms with Gasteiger partial charge >= 0.3 is 0 Å². The van der Waals surface area contributed by atoms with Crippen molar-refractivity contribution in [1.82, 2.24) is 9.80 Å². The summed E-state index contributed by atoms with van der Waals surface area (Å²) in [6.45, 7) is 3.79. The predicted octanol–water partition coefficient (Wildman–Crippen LogP) is 3.49. The summed E-state index contributed by atoms with van der Waals surface area (Å²) in [7, 11) is 1.59. The van der Waals surface area contributed by atoms with Crippen LogP contribution < -0.4 is 10.1 Å². The van der Waals surface area contributed by atoms with Gasteiger partial charge in [0.2, 0.25) is 0 Å². The summed E-state index contributed by atoms with van der Waals surface area (Å²) in [6.07, 6.45) is 0. The number of halogens is 2. The van der Waals surface area contributed by atoms with Gasteiger partial charge < -0.3 is 15.0 Å². The molecule has 138 valence electrons. The number of piperazine rings is 1. The highest BCUT2D eigenvalue weighted by Gasteiger charge is 2.20. The van der Waals surface area contributed by atoms with Crippen molar-refractivity contribution in [1.29, 1.82) is 0 Å². The highest BCUT2D eigenvalue weighted by atomic mass is 32.1. The quantitative estimate of drug-likeness (QED) is 0.824. The third kappa shape index (κ3) is 4.68. The minimum Gasteiger partial charge on any atom is -0.496 e. The van der Waals surface area contributed by atoms with E-state index < -0.39 is 0 Å². The number of nitrogens with one attached hydrogen (secondary N) is 1. The molecule has 1 N–H and O–H groups in total. The van der Waals surface area contributed by atoms with Crippen LogP contribution in [0.25, 0.3) is 0 Å². The molecule has 0 bridgehead atoms. The molecule has 1 heterocycles. The number of rotatable bonds is 4. The summed E-state index contributed by atoms with van der Waals surface area (Å²) in [5.41, 5.74) is 1.61. The zero-order valence-electron chi connectivity index (χ0n) is 14.5. The van der Waals surface area contributed by atoms with Gasteiger partial charge in [-0.05, 0) is 54.7 Å². The molecule has 0 radical (unpaired) electrons. The first kappa shape index (κ1) is 18.5. The number of hydrogen-bond acceptors (Lipinski definition) is 3. The van der Waals surface area contributed by atoms with Crippen LogP contribution in [0.2, 0.25) is 0 Å². The lowest BCUT2D eigenvalue weighted by molar-refractivity contribution is 0.175. The number of hydrogen-bond donors (Lipinski definition) is 1. The Bertz CT molecular complexity index is 762. The first-order valence-corrected chi connectivity index (χ1v) is 8.82. The van der Waals surface area contributed by atoms with Crippen LogP contribution in [-0.4, -0.2) is 48.2 Å². The Balaban J connectivity index is 1.53. The summed E-state index contributed by atoms with van der Waals surface area (Å²) in [5.74, 6) is 0.161. The molecule has 0 spiro atoms. The molecule has 1 fully saturated rings. The van der Waals surface area contributed by atoms with Crippen molar-refractivity contribution in [3.8, 4) is 5.75 Å². The van der Waals surface area contributed by atoms with Gasteiger partial charge in [-0.1, -0.05) is 0 Å². The number of thiocarbonyl (C=S) groups is 1. The van der Waals surface area contributed by atoms with Gasteiger partial charge in [0.05, 0.1) is 7.11 Å². The Morgan fingerprint density at radius 2 is 1.69 bits per heavy atom. The average Bonchev–Trinajstić information content (AvgIpc) is 2.64. The van der Waals surface area contributed by atoms with E-state index in [9.17, 15) is 8.78 Å². The fraction of sp³-hybridized carbons (Fsp3) is 0.316. The van der Waals surface area contributed by atoms with Crippen molar-refractivity contribution in [2.75, 3.05) is 38.6 Å². The molecule has 1 aliphatic rings. The number of benzene rings is 2. The smallest absolute Gasteiger partial charge is 0.173 e. The van der Waals surface area contributed by atoms with E-state index in [1.807, 2.05) is 0 Å². The Morgan fingerprint density at radius 3 is 2.35 bits per heavy atom. The lowest BCUT2D eigenvalue weighted by Gasteiger charge is -2.36. The van der Waals surface area contributed by atoms with E-state index in [1.165, 1.54) is 24.3 Å². The molecule has 0 unspecified atom stereocenters. The van der Waals surface area contributed by atoms with Crippen molar-refractivity contribution in [2.24, 2.45) is 0 Å². The molecule has 26 heavy (non-hydrogen) atoms. The summed E-state index contributed by atoms with van der Waals surface area (Å²) in [5, 5.41) is 3.76. The predicted molar refractivity (Wildman–Crippen MR) is 102 cm³/mol. The second kappa shape index (κ2) is 8.42. The Morgan fingerprint density at radius 1 is 1.04 bits per heavy atom. The lowest BCUT2D eigenvalue weighted by atomic mass is 10.1. The standard InChI is InChI=1S/C19H21F2N3OS/c1-25-18-7-4-16(21)12-14(18)13-23-8-10-24(11-9-23)19(26)22-17-5-2-15(20)3-6-17/h2-7,12H,8-11,13H2,1H3,(H,22,26). The molecule has 1 saturated heterocycles. The normalized spacial score (nSPS) is 15.0. The molecule has 3 rings (SSSR count). The van der Waals surface area contributed by atoms with Crippen molar-refractivity contribution >= 4 is 23.0 Å². The zero-order valence-corrected chi connectivity index (χ0v) is 15.4. The van der Waals surface area contributed by atoms with Gasteiger partial charge in [-0.2, -0.15) is 0 Å². The number of methoxy groups -OCH3 is 1. The second-order valence-corrected chi connectivity index (χ2v) is 6.54. The van der Waals surface area contributed by atoms with Gasteiger partial charge in [-0.25, -0.2) is 8.78 Å². The Hall–Kier alpha value is -2.25. The van der Waals surface area contributed by atoms with E-state index in [1.54, 1.807) is 25.3 Å². The van der Waals surface area contributed by atoms with E-state index >= 15 is 0 Å². The van der Waals surface area contributed by atoms with E-state index in [2.05, 4.69) is 15.1 Å². The van der Waals surface area contributed by atoms with Crippen LogP contribution in [0, 0.1) is 11.6 Å². The minimum absolute atomic E-state index is 0.260. The molecule has 2 aromatic carbocycles. The lowest BCUT2D eigenvalue weighted by Crippen LogP contribution is -2.49. The second-order valence-electron chi connectivity index (χ2n) is 6.16. The van der Waals surface area contributed by atoms with Crippen molar-refractivity contribution < 1.29 is 13.5 Å². The molecule has 0 amide bonds. The topological polar surface area (TPSA) is 27.7 Å². The highest BCUT2D eigenvalue weighted by molar-refractivity contribution is 7.80.